The van der Waals surface area contributed by atoms with Crippen molar-refractivity contribution in [2.75, 3.05) is 13.6 Å². The van der Waals surface area contributed by atoms with E-state index in [4.69, 9.17) is 0 Å². The zero-order chi connectivity index (χ0) is 14.2. The predicted molar refractivity (Wildman–Crippen MR) is 71.9 cm³/mol. The van der Waals surface area contributed by atoms with Gasteiger partial charge in [0.25, 0.3) is 0 Å². The van der Waals surface area contributed by atoms with Crippen LogP contribution < -0.4 is 0 Å². The molecule has 3 atom stereocenters. The Morgan fingerprint density at radius 3 is 2.47 bits per heavy atom. The Morgan fingerprint density at radius 2 is 1.95 bits per heavy atom. The van der Waals surface area contributed by atoms with Gasteiger partial charge in [0.15, 0.2) is 0 Å². The zero-order valence-electron chi connectivity index (χ0n) is 12.0. The first kappa shape index (κ1) is 14.2. The van der Waals surface area contributed by atoms with Crippen LogP contribution in [0.1, 0.15) is 39.5 Å². The first-order valence-electron chi connectivity index (χ1n) is 7.18. The van der Waals surface area contributed by atoms with Gasteiger partial charge in [-0.3, -0.25) is 0 Å². The van der Waals surface area contributed by atoms with Crippen molar-refractivity contribution in [2.45, 2.75) is 51.6 Å². The van der Waals surface area contributed by atoms with Crippen LogP contribution in [0.15, 0.2) is 0 Å². The number of piperidine rings is 1. The topological polar surface area (TPSA) is 60.9 Å². The van der Waals surface area contributed by atoms with Crippen molar-refractivity contribution in [1.82, 2.24) is 9.80 Å². The summed E-state index contributed by atoms with van der Waals surface area (Å²) >= 11 is 0. The van der Waals surface area contributed by atoms with Gasteiger partial charge in [-0.1, -0.05) is 6.92 Å². The lowest BCUT2D eigenvalue weighted by Gasteiger charge is -2.39. The lowest BCUT2D eigenvalue weighted by molar-refractivity contribution is -0.144. The Kier molecular flexibility index (Phi) is 4.02. The molecule has 0 spiro atoms. The minimum atomic E-state index is -0.882. The van der Waals surface area contributed by atoms with Crippen LogP contribution in [0.5, 0.6) is 0 Å². The van der Waals surface area contributed by atoms with Crippen molar-refractivity contribution >= 4 is 12.0 Å². The van der Waals surface area contributed by atoms with Gasteiger partial charge in [0, 0.05) is 19.6 Å². The highest BCUT2D eigenvalue weighted by atomic mass is 16.4. The Hall–Kier alpha value is -1.26. The van der Waals surface area contributed by atoms with Crippen molar-refractivity contribution in [3.05, 3.63) is 0 Å². The summed E-state index contributed by atoms with van der Waals surface area (Å²) in [6.07, 6.45) is 3.81. The van der Waals surface area contributed by atoms with E-state index in [1.165, 1.54) is 12.8 Å². The maximum absolute atomic E-state index is 12.5. The normalized spacial score (nSPS) is 28.9. The molecule has 19 heavy (non-hydrogen) atoms. The molecule has 2 rings (SSSR count). The number of likely N-dealkylation sites (tertiary alicyclic amines) is 1. The van der Waals surface area contributed by atoms with E-state index >= 15 is 0 Å². The number of carboxylic acids is 1. The molecule has 1 aliphatic carbocycles. The maximum Gasteiger partial charge on any atom is 0.326 e. The van der Waals surface area contributed by atoms with E-state index in [0.717, 1.165) is 6.42 Å². The van der Waals surface area contributed by atoms with Crippen LogP contribution in [0.3, 0.4) is 0 Å². The molecule has 2 fully saturated rings. The minimum absolute atomic E-state index is 0.126. The van der Waals surface area contributed by atoms with Gasteiger partial charge in [-0.05, 0) is 44.4 Å². The molecule has 1 heterocycles. The number of rotatable bonds is 3. The van der Waals surface area contributed by atoms with Crippen LogP contribution in [-0.2, 0) is 4.79 Å². The van der Waals surface area contributed by atoms with Gasteiger partial charge >= 0.3 is 12.0 Å². The summed E-state index contributed by atoms with van der Waals surface area (Å²) < 4.78 is 0. The van der Waals surface area contributed by atoms with Crippen LogP contribution in [0, 0.1) is 11.8 Å². The first-order valence-corrected chi connectivity index (χ1v) is 7.18. The molecule has 108 valence electrons. The van der Waals surface area contributed by atoms with E-state index in [-0.39, 0.29) is 12.1 Å². The van der Waals surface area contributed by atoms with Crippen molar-refractivity contribution in [3.63, 3.8) is 0 Å². The fourth-order valence-electron chi connectivity index (χ4n) is 2.88. The van der Waals surface area contributed by atoms with E-state index in [1.807, 2.05) is 6.92 Å². The van der Waals surface area contributed by atoms with E-state index in [1.54, 1.807) is 16.8 Å². The van der Waals surface area contributed by atoms with Crippen LogP contribution in [0.2, 0.25) is 0 Å². The highest BCUT2D eigenvalue weighted by Gasteiger charge is 2.39. The molecule has 5 nitrogen and oxygen atoms in total. The number of carbonyl (C=O) groups excluding carboxylic acids is 1. The number of carboxylic acid groups (broad SMARTS) is 1. The molecule has 2 aliphatic rings. The van der Waals surface area contributed by atoms with Crippen LogP contribution in [-0.4, -0.2) is 52.6 Å². The number of nitrogens with zero attached hydrogens (tertiary/aromatic N) is 2. The fraction of sp³-hybridized carbons (Fsp3) is 0.857. The van der Waals surface area contributed by atoms with Crippen molar-refractivity contribution in [2.24, 2.45) is 11.8 Å². The van der Waals surface area contributed by atoms with Gasteiger partial charge < -0.3 is 14.9 Å². The van der Waals surface area contributed by atoms with E-state index in [0.29, 0.717) is 24.8 Å². The number of urea groups is 1. The smallest absolute Gasteiger partial charge is 0.326 e. The molecule has 0 aromatic carbocycles. The van der Waals surface area contributed by atoms with Gasteiger partial charge in [0.05, 0.1) is 0 Å². The molecule has 1 N–H and O–H groups in total. The average molecular weight is 268 g/mol. The van der Waals surface area contributed by atoms with Crippen LogP contribution in [0.4, 0.5) is 4.79 Å². The fourth-order valence-corrected chi connectivity index (χ4v) is 2.88. The summed E-state index contributed by atoms with van der Waals surface area (Å²) in [5, 5.41) is 9.30. The standard InChI is InChI=1S/C14H24N2O3/c1-9-6-7-16(12(8-9)13(17)18)14(19)15(3)10(2)11-4-5-11/h9-12H,4-8H2,1-3H3,(H,17,18). The minimum Gasteiger partial charge on any atom is -0.480 e. The van der Waals surface area contributed by atoms with Crippen molar-refractivity contribution in [1.29, 1.82) is 0 Å². The summed E-state index contributed by atoms with van der Waals surface area (Å²) in [7, 11) is 1.79. The van der Waals surface area contributed by atoms with Gasteiger partial charge in [-0.2, -0.15) is 0 Å². The molecule has 1 saturated heterocycles. The van der Waals surface area contributed by atoms with Crippen molar-refractivity contribution < 1.29 is 14.7 Å². The Bertz CT molecular complexity index is 368. The zero-order valence-corrected chi connectivity index (χ0v) is 12.0. The molecule has 1 aliphatic heterocycles. The monoisotopic (exact) mass is 268 g/mol. The molecule has 1 saturated carbocycles. The molecule has 3 unspecified atom stereocenters. The van der Waals surface area contributed by atoms with Crippen LogP contribution in [0.25, 0.3) is 0 Å². The lowest BCUT2D eigenvalue weighted by Crippen LogP contribution is -2.55. The lowest BCUT2D eigenvalue weighted by atomic mass is 9.92. The number of hydrogen-bond acceptors (Lipinski definition) is 2. The summed E-state index contributed by atoms with van der Waals surface area (Å²) in [5.74, 6) is 0.0876. The van der Waals surface area contributed by atoms with E-state index < -0.39 is 12.0 Å². The molecular formula is C14H24N2O3. The van der Waals surface area contributed by atoms with Gasteiger partial charge in [0.2, 0.25) is 0 Å². The first-order chi connectivity index (χ1) is 8.91. The number of aliphatic carboxylic acids is 1. The molecule has 0 aromatic heterocycles. The van der Waals surface area contributed by atoms with Gasteiger partial charge in [-0.25, -0.2) is 9.59 Å². The number of carbonyl (C=O) groups is 2. The SMILES string of the molecule is CC1CCN(C(=O)N(C)C(C)C2CC2)C(C(=O)O)C1. The van der Waals surface area contributed by atoms with Crippen molar-refractivity contribution in [3.8, 4) is 0 Å². The third kappa shape index (κ3) is 3.01. The Morgan fingerprint density at radius 1 is 1.32 bits per heavy atom. The molecule has 0 bridgehead atoms. The quantitative estimate of drug-likeness (QED) is 0.852. The second kappa shape index (κ2) is 5.39. The second-order valence-electron chi connectivity index (χ2n) is 6.15. The van der Waals surface area contributed by atoms with E-state index in [9.17, 15) is 14.7 Å². The summed E-state index contributed by atoms with van der Waals surface area (Å²) in [6, 6.07) is -0.579. The third-order valence-corrected chi connectivity index (χ3v) is 4.61. The average Bonchev–Trinajstić information content (AvgIpc) is 3.20. The molecular weight excluding hydrogens is 244 g/mol. The second-order valence-corrected chi connectivity index (χ2v) is 6.15. The summed E-state index contributed by atoms with van der Waals surface area (Å²) in [5.41, 5.74) is 0. The highest BCUT2D eigenvalue weighted by molar-refractivity contribution is 5.83. The van der Waals surface area contributed by atoms with Gasteiger partial charge in [-0.15, -0.1) is 0 Å². The molecule has 0 aromatic rings. The summed E-state index contributed by atoms with van der Waals surface area (Å²) in [6.45, 7) is 4.66. The highest BCUT2D eigenvalue weighted by Crippen LogP contribution is 2.35. The largest absolute Gasteiger partial charge is 0.480 e. The third-order valence-electron chi connectivity index (χ3n) is 4.61. The number of amides is 2. The Labute approximate surface area is 114 Å². The molecule has 2 amide bonds. The van der Waals surface area contributed by atoms with E-state index in [2.05, 4.69) is 6.92 Å². The predicted octanol–water partition coefficient (Wildman–Crippen LogP) is 2.02. The number of hydrogen-bond donors (Lipinski definition) is 1. The molecule has 0 radical (unpaired) electrons. The molecule has 5 heteroatoms. The summed E-state index contributed by atoms with van der Waals surface area (Å²) in [4.78, 5) is 27.1. The van der Waals surface area contributed by atoms with Crippen LogP contribution >= 0.6 is 0 Å². The van der Waals surface area contributed by atoms with Gasteiger partial charge in [0.1, 0.15) is 6.04 Å². The Balaban J connectivity index is 2.05. The maximum atomic E-state index is 12.5.